The summed E-state index contributed by atoms with van der Waals surface area (Å²) in [5.74, 6) is 0.449. The maximum Gasteiger partial charge on any atom is 0.339 e. The molecule has 0 saturated heterocycles. The van der Waals surface area contributed by atoms with Gasteiger partial charge in [-0.15, -0.1) is 0 Å². The van der Waals surface area contributed by atoms with E-state index in [1.807, 2.05) is 13.0 Å². The molecule has 0 bridgehead atoms. The summed E-state index contributed by atoms with van der Waals surface area (Å²) in [5, 5.41) is 9.12. The third kappa shape index (κ3) is 3.35. The van der Waals surface area contributed by atoms with Gasteiger partial charge < -0.3 is 9.08 Å². The minimum absolute atomic E-state index is 0.0266. The van der Waals surface area contributed by atoms with E-state index in [-0.39, 0.29) is 16.3 Å². The SMILES string of the molecule is Cc1ccc(S(=O)(=O)Oc2ccc(N(C)C)nc2C#N)cc1. The van der Waals surface area contributed by atoms with Crippen molar-refractivity contribution in [2.75, 3.05) is 19.0 Å². The molecular formula is C15H15N3O3S. The van der Waals surface area contributed by atoms with Crippen molar-refractivity contribution in [1.29, 1.82) is 5.26 Å². The Bertz CT molecular complexity index is 822. The van der Waals surface area contributed by atoms with Crippen LogP contribution in [0.5, 0.6) is 5.75 Å². The van der Waals surface area contributed by atoms with Crippen LogP contribution >= 0.6 is 0 Å². The Hall–Kier alpha value is -2.59. The molecule has 2 rings (SSSR count). The molecule has 6 nitrogen and oxygen atoms in total. The van der Waals surface area contributed by atoms with Gasteiger partial charge >= 0.3 is 10.1 Å². The summed E-state index contributed by atoms with van der Waals surface area (Å²) in [6.45, 7) is 1.86. The van der Waals surface area contributed by atoms with Crippen molar-refractivity contribution in [1.82, 2.24) is 4.98 Å². The summed E-state index contributed by atoms with van der Waals surface area (Å²) in [7, 11) is -0.459. The zero-order chi connectivity index (χ0) is 16.3. The number of aryl methyl sites for hydroxylation is 1. The molecule has 1 heterocycles. The van der Waals surface area contributed by atoms with E-state index >= 15 is 0 Å². The van der Waals surface area contributed by atoms with Crippen LogP contribution < -0.4 is 9.08 Å². The molecule has 0 saturated carbocycles. The van der Waals surface area contributed by atoms with Gasteiger partial charge in [0.05, 0.1) is 0 Å². The fourth-order valence-electron chi connectivity index (χ4n) is 1.70. The van der Waals surface area contributed by atoms with Gasteiger partial charge in [0, 0.05) is 14.1 Å². The molecule has 0 aliphatic heterocycles. The molecule has 0 atom stereocenters. The van der Waals surface area contributed by atoms with Gasteiger partial charge in [0.25, 0.3) is 0 Å². The van der Waals surface area contributed by atoms with Gasteiger partial charge in [0.15, 0.2) is 11.4 Å². The van der Waals surface area contributed by atoms with Crippen molar-refractivity contribution in [3.63, 3.8) is 0 Å². The molecule has 0 radical (unpaired) electrons. The smallest absolute Gasteiger partial charge is 0.339 e. The lowest BCUT2D eigenvalue weighted by atomic mass is 10.2. The molecule has 7 heteroatoms. The van der Waals surface area contributed by atoms with Gasteiger partial charge in [-0.3, -0.25) is 0 Å². The van der Waals surface area contributed by atoms with Gasteiger partial charge in [-0.1, -0.05) is 17.7 Å². The summed E-state index contributed by atoms with van der Waals surface area (Å²) >= 11 is 0. The fourth-order valence-corrected chi connectivity index (χ4v) is 2.64. The molecule has 0 amide bonds. The second-order valence-corrected chi connectivity index (χ2v) is 6.42. The monoisotopic (exact) mass is 317 g/mol. The first kappa shape index (κ1) is 15.8. The molecule has 0 N–H and O–H groups in total. The number of anilines is 1. The number of pyridine rings is 1. The van der Waals surface area contributed by atoms with Crippen molar-refractivity contribution in [3.05, 3.63) is 47.7 Å². The number of rotatable bonds is 4. The summed E-state index contributed by atoms with van der Waals surface area (Å²) < 4.78 is 29.5. The quantitative estimate of drug-likeness (QED) is 0.803. The van der Waals surface area contributed by atoms with Crippen LogP contribution in [-0.4, -0.2) is 27.5 Å². The first-order valence-corrected chi connectivity index (χ1v) is 7.84. The van der Waals surface area contributed by atoms with Gasteiger partial charge in [-0.2, -0.15) is 13.7 Å². The predicted octanol–water partition coefficient (Wildman–Crippen LogP) is 2.10. The van der Waals surface area contributed by atoms with Gasteiger partial charge in [0.1, 0.15) is 16.8 Å². The van der Waals surface area contributed by atoms with E-state index in [0.717, 1.165) is 5.56 Å². The van der Waals surface area contributed by atoms with Crippen LogP contribution in [0.2, 0.25) is 0 Å². The summed E-state index contributed by atoms with van der Waals surface area (Å²) in [4.78, 5) is 5.79. The molecule has 0 aliphatic rings. The number of hydrogen-bond donors (Lipinski definition) is 0. The zero-order valence-electron chi connectivity index (χ0n) is 12.4. The molecule has 1 aromatic carbocycles. The van der Waals surface area contributed by atoms with Crippen molar-refractivity contribution in [2.24, 2.45) is 0 Å². The Morgan fingerprint density at radius 3 is 2.32 bits per heavy atom. The van der Waals surface area contributed by atoms with Gasteiger partial charge in [-0.25, -0.2) is 4.98 Å². The zero-order valence-corrected chi connectivity index (χ0v) is 13.3. The standard InChI is InChI=1S/C15H15N3O3S/c1-11-4-6-12(7-5-11)22(19,20)21-14-8-9-15(18(2)3)17-13(14)10-16/h4-9H,1-3H3. The van der Waals surface area contributed by atoms with Crippen molar-refractivity contribution >= 4 is 15.9 Å². The van der Waals surface area contributed by atoms with E-state index in [4.69, 9.17) is 9.44 Å². The van der Waals surface area contributed by atoms with Crippen LogP contribution in [0.4, 0.5) is 5.82 Å². The van der Waals surface area contributed by atoms with Crippen molar-refractivity contribution in [2.45, 2.75) is 11.8 Å². The van der Waals surface area contributed by atoms with Gasteiger partial charge in [-0.05, 0) is 31.2 Å². The number of hydrogen-bond acceptors (Lipinski definition) is 6. The highest BCUT2D eigenvalue weighted by atomic mass is 32.2. The predicted molar refractivity (Wildman–Crippen MR) is 82.3 cm³/mol. The van der Waals surface area contributed by atoms with Crippen LogP contribution in [0.15, 0.2) is 41.3 Å². The topological polar surface area (TPSA) is 83.3 Å². The Morgan fingerprint density at radius 2 is 1.77 bits per heavy atom. The Morgan fingerprint density at radius 1 is 1.14 bits per heavy atom. The first-order valence-electron chi connectivity index (χ1n) is 6.43. The highest BCUT2D eigenvalue weighted by molar-refractivity contribution is 7.87. The normalized spacial score (nSPS) is 10.8. The van der Waals surface area contributed by atoms with Crippen LogP contribution in [0.25, 0.3) is 0 Å². The number of nitriles is 1. The second-order valence-electron chi connectivity index (χ2n) is 4.87. The summed E-state index contributed by atoms with van der Waals surface area (Å²) in [6, 6.07) is 11.1. The molecule has 0 fully saturated rings. The summed E-state index contributed by atoms with van der Waals surface area (Å²) in [5.41, 5.74) is 0.857. The minimum atomic E-state index is -4.00. The molecule has 1 aromatic heterocycles. The third-order valence-electron chi connectivity index (χ3n) is 2.92. The number of aromatic nitrogens is 1. The maximum atomic E-state index is 12.2. The number of benzene rings is 1. The fraction of sp³-hybridized carbons (Fsp3) is 0.200. The van der Waals surface area contributed by atoms with E-state index in [9.17, 15) is 8.42 Å². The average molecular weight is 317 g/mol. The highest BCUT2D eigenvalue weighted by Crippen LogP contribution is 2.24. The minimum Gasteiger partial charge on any atom is -0.376 e. The molecule has 0 aliphatic carbocycles. The Balaban J connectivity index is 2.38. The maximum absolute atomic E-state index is 12.2. The van der Waals surface area contributed by atoms with Crippen LogP contribution in [0, 0.1) is 18.3 Å². The number of nitrogens with zero attached hydrogens (tertiary/aromatic N) is 3. The molecule has 114 valence electrons. The van der Waals surface area contributed by atoms with E-state index in [1.54, 1.807) is 37.2 Å². The summed E-state index contributed by atoms with van der Waals surface area (Å²) in [6.07, 6.45) is 0. The second kappa shape index (κ2) is 6.03. The van der Waals surface area contributed by atoms with E-state index in [2.05, 4.69) is 4.98 Å². The van der Waals surface area contributed by atoms with Crippen LogP contribution in [0.1, 0.15) is 11.3 Å². The largest absolute Gasteiger partial charge is 0.376 e. The highest BCUT2D eigenvalue weighted by Gasteiger charge is 2.19. The molecule has 0 spiro atoms. The molecule has 2 aromatic rings. The van der Waals surface area contributed by atoms with Crippen LogP contribution in [-0.2, 0) is 10.1 Å². The first-order chi connectivity index (χ1) is 10.3. The Kier molecular flexibility index (Phi) is 4.33. The van der Waals surface area contributed by atoms with E-state index in [0.29, 0.717) is 5.82 Å². The average Bonchev–Trinajstić information content (AvgIpc) is 2.47. The molecular weight excluding hydrogens is 302 g/mol. The third-order valence-corrected chi connectivity index (χ3v) is 4.17. The van der Waals surface area contributed by atoms with Gasteiger partial charge in [0.2, 0.25) is 0 Å². The van der Waals surface area contributed by atoms with Crippen molar-refractivity contribution < 1.29 is 12.6 Å². The Labute approximate surface area is 129 Å². The lowest BCUT2D eigenvalue weighted by molar-refractivity contribution is 0.484. The lowest BCUT2D eigenvalue weighted by Gasteiger charge is -2.13. The van der Waals surface area contributed by atoms with Crippen molar-refractivity contribution in [3.8, 4) is 11.8 Å². The molecule has 0 unspecified atom stereocenters. The lowest BCUT2D eigenvalue weighted by Crippen LogP contribution is -2.14. The van der Waals surface area contributed by atoms with Crippen LogP contribution in [0.3, 0.4) is 0 Å². The molecule has 22 heavy (non-hydrogen) atoms. The van der Waals surface area contributed by atoms with E-state index < -0.39 is 10.1 Å². The van der Waals surface area contributed by atoms with E-state index in [1.165, 1.54) is 18.2 Å².